The molecule has 4 rings (SSSR count). The van der Waals surface area contributed by atoms with Crippen molar-refractivity contribution in [2.75, 3.05) is 5.32 Å². The monoisotopic (exact) mass is 324 g/mol. The number of imidazole rings is 1. The van der Waals surface area contributed by atoms with E-state index in [4.69, 9.17) is 4.52 Å². The fraction of sp³-hybridized carbons (Fsp3) is 0.0625. The topological polar surface area (TPSA) is 72.4 Å². The first-order valence-electron chi connectivity index (χ1n) is 6.96. The number of fused-ring (bicyclic) bond motifs is 1. The fourth-order valence-electron chi connectivity index (χ4n) is 2.26. The van der Waals surface area contributed by atoms with Gasteiger partial charge in [-0.25, -0.2) is 4.98 Å². The molecule has 7 heteroatoms. The predicted molar refractivity (Wildman–Crippen MR) is 87.7 cm³/mol. The highest BCUT2D eigenvalue weighted by atomic mass is 32.1. The number of thiazole rings is 1. The van der Waals surface area contributed by atoms with E-state index in [1.807, 2.05) is 46.4 Å². The van der Waals surface area contributed by atoms with E-state index in [0.29, 0.717) is 11.4 Å². The molecule has 1 N–H and O–H groups in total. The highest BCUT2D eigenvalue weighted by Gasteiger charge is 2.11. The zero-order chi connectivity index (χ0) is 15.8. The maximum absolute atomic E-state index is 12.0. The number of carbonyl (C=O) groups excluding carboxylic acids is 1. The lowest BCUT2D eigenvalue weighted by Crippen LogP contribution is -2.11. The summed E-state index contributed by atoms with van der Waals surface area (Å²) in [6.07, 6.45) is 3.96. The summed E-state index contributed by atoms with van der Waals surface area (Å²) in [7, 11) is 0. The van der Waals surface area contributed by atoms with Gasteiger partial charge < -0.3 is 9.84 Å². The number of nitrogens with zero attached hydrogens (tertiary/aromatic N) is 3. The molecule has 0 aliphatic carbocycles. The molecule has 114 valence electrons. The van der Waals surface area contributed by atoms with Gasteiger partial charge >= 0.3 is 0 Å². The Morgan fingerprint density at radius 1 is 1.30 bits per heavy atom. The SMILES string of the molecule is Cc1cc(C(=O)Nc2ccc(-c3cn4ccsc4n3)cc2)no1. The summed E-state index contributed by atoms with van der Waals surface area (Å²) in [6, 6.07) is 9.13. The minimum Gasteiger partial charge on any atom is -0.361 e. The molecule has 0 atom stereocenters. The standard InChI is InChI=1S/C16H12N4O2S/c1-10-8-13(19-22-10)15(21)17-12-4-2-11(3-5-12)14-9-20-6-7-23-16(20)18-14/h2-9H,1H3,(H,17,21). The molecule has 0 aliphatic heterocycles. The van der Waals surface area contributed by atoms with Gasteiger partial charge in [0, 0.05) is 35.1 Å². The van der Waals surface area contributed by atoms with Crippen LogP contribution in [-0.4, -0.2) is 20.4 Å². The van der Waals surface area contributed by atoms with E-state index in [-0.39, 0.29) is 11.6 Å². The molecule has 0 aliphatic rings. The Morgan fingerprint density at radius 2 is 2.13 bits per heavy atom. The summed E-state index contributed by atoms with van der Waals surface area (Å²) in [4.78, 5) is 17.5. The van der Waals surface area contributed by atoms with Gasteiger partial charge in [0.15, 0.2) is 10.7 Å². The first kappa shape index (κ1) is 13.7. The van der Waals surface area contributed by atoms with E-state index in [1.165, 1.54) is 0 Å². The van der Waals surface area contributed by atoms with Crippen molar-refractivity contribution in [3.05, 3.63) is 59.6 Å². The molecule has 0 saturated carbocycles. The second kappa shape index (κ2) is 5.36. The Bertz CT molecular complexity index is 953. The highest BCUT2D eigenvalue weighted by Crippen LogP contribution is 2.23. The van der Waals surface area contributed by atoms with Gasteiger partial charge in [-0.3, -0.25) is 9.20 Å². The average Bonchev–Trinajstić information content (AvgIpc) is 3.23. The molecule has 6 nitrogen and oxygen atoms in total. The van der Waals surface area contributed by atoms with E-state index < -0.39 is 0 Å². The molecule has 1 aromatic carbocycles. The quantitative estimate of drug-likeness (QED) is 0.625. The highest BCUT2D eigenvalue weighted by molar-refractivity contribution is 7.15. The van der Waals surface area contributed by atoms with Gasteiger partial charge in [-0.05, 0) is 19.1 Å². The lowest BCUT2D eigenvalue weighted by Gasteiger charge is -2.03. The number of aryl methyl sites for hydroxylation is 1. The largest absolute Gasteiger partial charge is 0.361 e. The Hall–Kier alpha value is -2.93. The van der Waals surface area contributed by atoms with Crippen molar-refractivity contribution in [2.45, 2.75) is 6.92 Å². The van der Waals surface area contributed by atoms with Crippen LogP contribution < -0.4 is 5.32 Å². The summed E-state index contributed by atoms with van der Waals surface area (Å²) in [5.74, 6) is 0.308. The number of rotatable bonds is 3. The van der Waals surface area contributed by atoms with E-state index in [2.05, 4.69) is 15.5 Å². The summed E-state index contributed by atoms with van der Waals surface area (Å²) < 4.78 is 6.89. The van der Waals surface area contributed by atoms with Gasteiger partial charge in [-0.1, -0.05) is 17.3 Å². The van der Waals surface area contributed by atoms with Gasteiger partial charge in [-0.2, -0.15) is 0 Å². The van der Waals surface area contributed by atoms with Gasteiger partial charge in [0.2, 0.25) is 0 Å². The molecule has 3 aromatic heterocycles. The molecule has 0 unspecified atom stereocenters. The number of carbonyl (C=O) groups is 1. The number of anilines is 1. The van der Waals surface area contributed by atoms with E-state index in [0.717, 1.165) is 16.2 Å². The van der Waals surface area contributed by atoms with E-state index >= 15 is 0 Å². The molecular weight excluding hydrogens is 312 g/mol. The van der Waals surface area contributed by atoms with Crippen LogP contribution in [0.25, 0.3) is 16.2 Å². The third-order valence-corrected chi connectivity index (χ3v) is 4.16. The number of hydrogen-bond donors (Lipinski definition) is 1. The number of hydrogen-bond acceptors (Lipinski definition) is 5. The summed E-state index contributed by atoms with van der Waals surface area (Å²) >= 11 is 1.59. The Labute approximate surface area is 135 Å². The van der Waals surface area contributed by atoms with Gasteiger partial charge in [-0.15, -0.1) is 11.3 Å². The number of benzene rings is 1. The van der Waals surface area contributed by atoms with E-state index in [9.17, 15) is 4.79 Å². The molecule has 0 fully saturated rings. The molecule has 0 spiro atoms. The molecule has 0 radical (unpaired) electrons. The maximum atomic E-state index is 12.0. The van der Waals surface area contributed by atoms with Gasteiger partial charge in [0.05, 0.1) is 5.69 Å². The van der Waals surface area contributed by atoms with Crippen LogP contribution in [0.15, 0.2) is 52.6 Å². The van der Waals surface area contributed by atoms with Crippen molar-refractivity contribution in [3.8, 4) is 11.3 Å². The number of nitrogens with one attached hydrogen (secondary N) is 1. The van der Waals surface area contributed by atoms with Gasteiger partial charge in [0.1, 0.15) is 5.76 Å². The molecule has 4 aromatic rings. The summed E-state index contributed by atoms with van der Waals surface area (Å²) in [6.45, 7) is 1.74. The van der Waals surface area contributed by atoms with Crippen LogP contribution in [0.1, 0.15) is 16.2 Å². The fourth-order valence-corrected chi connectivity index (χ4v) is 2.96. The smallest absolute Gasteiger partial charge is 0.277 e. The second-order valence-corrected chi connectivity index (χ2v) is 5.95. The zero-order valence-electron chi connectivity index (χ0n) is 12.2. The Kier molecular flexibility index (Phi) is 3.20. The predicted octanol–water partition coefficient (Wildman–Crippen LogP) is 3.61. The van der Waals surface area contributed by atoms with Crippen molar-refractivity contribution in [1.29, 1.82) is 0 Å². The molecular formula is C16H12N4O2S. The summed E-state index contributed by atoms with van der Waals surface area (Å²) in [5, 5.41) is 8.48. The minimum atomic E-state index is -0.294. The zero-order valence-corrected chi connectivity index (χ0v) is 13.0. The summed E-state index contributed by atoms with van der Waals surface area (Å²) in [5.41, 5.74) is 2.86. The lowest BCUT2D eigenvalue weighted by atomic mass is 10.1. The van der Waals surface area contributed by atoms with Crippen molar-refractivity contribution in [2.24, 2.45) is 0 Å². The van der Waals surface area contributed by atoms with Crippen molar-refractivity contribution >= 4 is 27.9 Å². The number of amides is 1. The third-order valence-electron chi connectivity index (χ3n) is 3.39. The number of aromatic nitrogens is 3. The van der Waals surface area contributed by atoms with Crippen LogP contribution in [0.4, 0.5) is 5.69 Å². The molecule has 0 bridgehead atoms. The van der Waals surface area contributed by atoms with Gasteiger partial charge in [0.25, 0.3) is 5.91 Å². The van der Waals surface area contributed by atoms with Crippen LogP contribution in [0.3, 0.4) is 0 Å². The van der Waals surface area contributed by atoms with Crippen LogP contribution in [-0.2, 0) is 0 Å². The molecule has 1 amide bonds. The molecule has 23 heavy (non-hydrogen) atoms. The van der Waals surface area contributed by atoms with Crippen LogP contribution in [0.5, 0.6) is 0 Å². The van der Waals surface area contributed by atoms with Crippen molar-refractivity contribution in [1.82, 2.24) is 14.5 Å². The van der Waals surface area contributed by atoms with Crippen molar-refractivity contribution < 1.29 is 9.32 Å². The third kappa shape index (κ3) is 2.62. The van der Waals surface area contributed by atoms with E-state index in [1.54, 1.807) is 24.3 Å². The average molecular weight is 324 g/mol. The van der Waals surface area contributed by atoms with Crippen molar-refractivity contribution in [3.63, 3.8) is 0 Å². The normalized spacial score (nSPS) is 11.0. The molecule has 3 heterocycles. The van der Waals surface area contributed by atoms with Crippen LogP contribution in [0.2, 0.25) is 0 Å². The van der Waals surface area contributed by atoms with Crippen LogP contribution >= 0.6 is 11.3 Å². The Balaban J connectivity index is 1.53. The first-order chi connectivity index (χ1) is 11.2. The first-order valence-corrected chi connectivity index (χ1v) is 7.84. The van der Waals surface area contributed by atoms with Crippen LogP contribution in [0, 0.1) is 6.92 Å². The maximum Gasteiger partial charge on any atom is 0.277 e. The second-order valence-electron chi connectivity index (χ2n) is 5.07. The lowest BCUT2D eigenvalue weighted by molar-refractivity contribution is 0.101. The minimum absolute atomic E-state index is 0.265. The Morgan fingerprint density at radius 3 is 2.83 bits per heavy atom. The molecule has 0 saturated heterocycles.